The summed E-state index contributed by atoms with van der Waals surface area (Å²) < 4.78 is 23.7. The van der Waals surface area contributed by atoms with Gasteiger partial charge in [-0.15, -0.1) is 0 Å². The van der Waals surface area contributed by atoms with Crippen LogP contribution in [-0.4, -0.2) is 43.1 Å². The Morgan fingerprint density at radius 3 is 2.89 bits per heavy atom. The normalized spacial score (nSPS) is 21.0. The largest absolute Gasteiger partial charge is 0.396 e. The molecule has 1 aliphatic heterocycles. The molecule has 1 atom stereocenters. The van der Waals surface area contributed by atoms with Crippen LogP contribution in [0.15, 0.2) is 12.1 Å². The van der Waals surface area contributed by atoms with E-state index in [9.17, 15) is 8.42 Å². The van der Waals surface area contributed by atoms with Crippen LogP contribution in [0.1, 0.15) is 5.69 Å². The fourth-order valence-electron chi connectivity index (χ4n) is 1.96. The molecular weight excluding hydrogens is 270 g/mol. The van der Waals surface area contributed by atoms with Crippen LogP contribution in [0.2, 0.25) is 0 Å². The molecule has 0 radical (unpaired) electrons. The van der Waals surface area contributed by atoms with Crippen molar-refractivity contribution >= 4 is 33.1 Å². The van der Waals surface area contributed by atoms with Crippen LogP contribution in [0.25, 0.3) is 0 Å². The van der Waals surface area contributed by atoms with E-state index in [1.807, 2.05) is 17.9 Å². The number of hydrogen-bond acceptors (Lipinski definition) is 6. The lowest BCUT2D eigenvalue weighted by Gasteiger charge is -2.35. The number of nitrogens with zero attached hydrogens (tertiary/aromatic N) is 2. The molecule has 1 aromatic rings. The third-order valence-corrected chi connectivity index (χ3v) is 5.54. The molecule has 0 spiro atoms. The van der Waals surface area contributed by atoms with Crippen molar-refractivity contribution in [3.8, 4) is 0 Å². The average molecular weight is 287 g/mol. The summed E-state index contributed by atoms with van der Waals surface area (Å²) >= 11 is 1.65. The first-order valence-corrected chi connectivity index (χ1v) is 8.77. The molecule has 0 bridgehead atoms. The number of anilines is 2. The molecule has 2 rings (SSSR count). The quantitative estimate of drug-likeness (QED) is 0.871. The van der Waals surface area contributed by atoms with Crippen molar-refractivity contribution in [3.05, 3.63) is 17.8 Å². The van der Waals surface area contributed by atoms with Crippen LogP contribution in [0.4, 0.5) is 11.5 Å². The molecule has 1 aromatic heterocycles. The number of sulfone groups is 1. The van der Waals surface area contributed by atoms with Crippen molar-refractivity contribution in [3.63, 3.8) is 0 Å². The summed E-state index contributed by atoms with van der Waals surface area (Å²) in [6, 6.07) is 3.60. The Morgan fingerprint density at radius 2 is 2.22 bits per heavy atom. The number of nitrogens with two attached hydrogens (primary N) is 1. The Kier molecular flexibility index (Phi) is 3.72. The number of rotatable bonds is 2. The van der Waals surface area contributed by atoms with Gasteiger partial charge in [-0.2, -0.15) is 11.8 Å². The summed E-state index contributed by atoms with van der Waals surface area (Å²) in [7, 11) is -3.14. The zero-order chi connectivity index (χ0) is 13.3. The fourth-order valence-corrected chi connectivity index (χ4v) is 4.78. The molecule has 2 heterocycles. The van der Waals surface area contributed by atoms with E-state index in [4.69, 9.17) is 5.73 Å². The van der Waals surface area contributed by atoms with E-state index < -0.39 is 15.2 Å². The highest BCUT2D eigenvalue weighted by Gasteiger charge is 2.32. The summed E-state index contributed by atoms with van der Waals surface area (Å²) in [4.78, 5) is 6.20. The van der Waals surface area contributed by atoms with Crippen LogP contribution in [0.5, 0.6) is 0 Å². The third kappa shape index (κ3) is 2.72. The molecule has 1 unspecified atom stereocenters. The minimum atomic E-state index is -3.14. The Balaban J connectivity index is 2.43. The summed E-state index contributed by atoms with van der Waals surface area (Å²) in [5, 5.41) is -0.534. The van der Waals surface area contributed by atoms with Gasteiger partial charge in [0.25, 0.3) is 0 Å². The zero-order valence-corrected chi connectivity index (χ0v) is 12.1. The molecule has 2 N–H and O–H groups in total. The number of aromatic nitrogens is 1. The lowest BCUT2D eigenvalue weighted by Crippen LogP contribution is -2.47. The van der Waals surface area contributed by atoms with Crippen molar-refractivity contribution in [2.75, 3.05) is 34.9 Å². The fraction of sp³-hybridized carbons (Fsp3) is 0.545. The van der Waals surface area contributed by atoms with Gasteiger partial charge in [0.1, 0.15) is 5.37 Å². The highest BCUT2D eigenvalue weighted by Crippen LogP contribution is 2.29. The summed E-state index contributed by atoms with van der Waals surface area (Å²) in [5.41, 5.74) is 7.29. The maximum Gasteiger partial charge on any atom is 0.169 e. The minimum absolute atomic E-state index is 0.529. The van der Waals surface area contributed by atoms with E-state index in [-0.39, 0.29) is 0 Å². The standard InChI is InChI=1S/C11H17N3O2S2/c1-8-3-4-9(12)11(13-8)14-5-6-17-7-10(14)18(2,15)16/h3-4,10H,5-7,12H2,1-2H3. The molecule has 0 saturated carbocycles. The first-order valence-electron chi connectivity index (χ1n) is 5.66. The van der Waals surface area contributed by atoms with Crippen molar-refractivity contribution < 1.29 is 8.42 Å². The maximum atomic E-state index is 11.8. The van der Waals surface area contributed by atoms with Gasteiger partial charge >= 0.3 is 0 Å². The topological polar surface area (TPSA) is 76.3 Å². The van der Waals surface area contributed by atoms with Crippen LogP contribution in [0, 0.1) is 6.92 Å². The van der Waals surface area contributed by atoms with Gasteiger partial charge in [0.15, 0.2) is 15.7 Å². The molecule has 1 aliphatic rings. The number of aryl methyl sites for hydroxylation is 1. The molecule has 100 valence electrons. The second kappa shape index (κ2) is 4.97. The molecule has 1 fully saturated rings. The molecule has 7 heteroatoms. The molecule has 0 aliphatic carbocycles. The molecular formula is C11H17N3O2S2. The van der Waals surface area contributed by atoms with Crippen molar-refractivity contribution in [2.45, 2.75) is 12.3 Å². The lowest BCUT2D eigenvalue weighted by molar-refractivity contribution is 0.583. The Bertz CT molecular complexity index is 545. The van der Waals surface area contributed by atoms with E-state index in [0.717, 1.165) is 11.4 Å². The van der Waals surface area contributed by atoms with Gasteiger partial charge in [-0.25, -0.2) is 13.4 Å². The summed E-state index contributed by atoms with van der Waals surface area (Å²) in [6.07, 6.45) is 1.27. The van der Waals surface area contributed by atoms with Crippen LogP contribution in [0.3, 0.4) is 0 Å². The molecule has 5 nitrogen and oxygen atoms in total. The van der Waals surface area contributed by atoms with E-state index in [0.29, 0.717) is 23.8 Å². The highest BCUT2D eigenvalue weighted by atomic mass is 32.2. The average Bonchev–Trinajstić information content (AvgIpc) is 2.31. The van der Waals surface area contributed by atoms with Gasteiger partial charge in [0, 0.05) is 30.0 Å². The second-order valence-corrected chi connectivity index (χ2v) is 7.77. The van der Waals surface area contributed by atoms with E-state index in [2.05, 4.69) is 4.98 Å². The van der Waals surface area contributed by atoms with Crippen molar-refractivity contribution in [2.24, 2.45) is 0 Å². The smallest absolute Gasteiger partial charge is 0.169 e. The summed E-state index contributed by atoms with van der Waals surface area (Å²) in [6.45, 7) is 2.53. The van der Waals surface area contributed by atoms with Crippen molar-refractivity contribution in [1.82, 2.24) is 4.98 Å². The SMILES string of the molecule is Cc1ccc(N)c(N2CCSCC2S(C)(=O)=O)n1. The van der Waals surface area contributed by atoms with Gasteiger partial charge in [0.05, 0.1) is 5.69 Å². The first kappa shape index (κ1) is 13.5. The minimum Gasteiger partial charge on any atom is -0.396 e. The first-order chi connectivity index (χ1) is 8.39. The van der Waals surface area contributed by atoms with E-state index >= 15 is 0 Å². The Hall–Kier alpha value is -0.950. The molecule has 0 amide bonds. The number of hydrogen-bond donors (Lipinski definition) is 1. The molecule has 18 heavy (non-hydrogen) atoms. The lowest BCUT2D eigenvalue weighted by atomic mass is 10.3. The van der Waals surface area contributed by atoms with Crippen LogP contribution >= 0.6 is 11.8 Å². The van der Waals surface area contributed by atoms with Gasteiger partial charge in [-0.3, -0.25) is 0 Å². The van der Waals surface area contributed by atoms with E-state index in [1.165, 1.54) is 6.26 Å². The van der Waals surface area contributed by atoms with Gasteiger partial charge in [-0.1, -0.05) is 0 Å². The van der Waals surface area contributed by atoms with Crippen LogP contribution < -0.4 is 10.6 Å². The van der Waals surface area contributed by atoms with Gasteiger partial charge < -0.3 is 10.6 Å². The van der Waals surface area contributed by atoms with E-state index in [1.54, 1.807) is 17.8 Å². The highest BCUT2D eigenvalue weighted by molar-refractivity contribution is 8.01. The molecule has 1 saturated heterocycles. The third-order valence-electron chi connectivity index (χ3n) is 2.90. The van der Waals surface area contributed by atoms with Crippen LogP contribution in [-0.2, 0) is 9.84 Å². The van der Waals surface area contributed by atoms with Gasteiger partial charge in [0.2, 0.25) is 0 Å². The molecule has 0 aromatic carbocycles. The zero-order valence-electron chi connectivity index (χ0n) is 10.5. The monoisotopic (exact) mass is 287 g/mol. The Labute approximate surface area is 112 Å². The van der Waals surface area contributed by atoms with Gasteiger partial charge in [-0.05, 0) is 19.1 Å². The predicted molar refractivity (Wildman–Crippen MR) is 76.7 cm³/mol. The predicted octanol–water partition coefficient (Wildman–Crippen LogP) is 0.896. The Morgan fingerprint density at radius 1 is 1.50 bits per heavy atom. The maximum absolute atomic E-state index is 11.8. The number of thioether (sulfide) groups is 1. The van der Waals surface area contributed by atoms with Crippen molar-refractivity contribution in [1.29, 1.82) is 0 Å². The summed E-state index contributed by atoms with van der Waals surface area (Å²) in [5.74, 6) is 2.04. The number of pyridine rings is 1. The second-order valence-electron chi connectivity index (χ2n) is 4.42. The number of nitrogen functional groups attached to an aromatic ring is 1.